The van der Waals surface area contributed by atoms with Crippen LogP contribution in [-0.2, 0) is 0 Å². The van der Waals surface area contributed by atoms with E-state index < -0.39 is 0 Å². The molecule has 2 aromatic carbocycles. The monoisotopic (exact) mass is 266 g/mol. The first-order valence-electron chi connectivity index (χ1n) is 4.87. The van der Waals surface area contributed by atoms with E-state index in [4.69, 9.17) is 23.2 Å². The molecule has 0 aliphatic rings. The number of phenolic OH excluding ortho intramolecular Hbond substituents is 1. The Hall–Kier alpha value is -1.51. The van der Waals surface area contributed by atoms with Crippen LogP contribution in [0.2, 0.25) is 10.0 Å². The fraction of sp³-hybridized carbons (Fsp3) is 0. The van der Waals surface area contributed by atoms with E-state index in [0.29, 0.717) is 21.2 Å². The van der Waals surface area contributed by atoms with Crippen molar-refractivity contribution in [3.8, 4) is 5.75 Å². The van der Waals surface area contributed by atoms with Crippen molar-refractivity contribution in [3.05, 3.63) is 63.6 Å². The highest BCUT2D eigenvalue weighted by Crippen LogP contribution is 2.24. The fourth-order valence-corrected chi connectivity index (χ4v) is 1.75. The van der Waals surface area contributed by atoms with Gasteiger partial charge in [0, 0.05) is 11.1 Å². The van der Waals surface area contributed by atoms with E-state index >= 15 is 0 Å². The van der Waals surface area contributed by atoms with Crippen LogP contribution in [0.25, 0.3) is 0 Å². The van der Waals surface area contributed by atoms with Crippen LogP contribution < -0.4 is 0 Å². The maximum Gasteiger partial charge on any atom is 0.193 e. The van der Waals surface area contributed by atoms with E-state index in [9.17, 15) is 9.90 Å². The number of aromatic hydroxyl groups is 1. The lowest BCUT2D eigenvalue weighted by atomic mass is 10.0. The largest absolute Gasteiger partial charge is 0.508 e. The Bertz CT molecular complexity index is 579. The van der Waals surface area contributed by atoms with Crippen molar-refractivity contribution in [2.75, 3.05) is 0 Å². The molecule has 0 aliphatic carbocycles. The lowest BCUT2D eigenvalue weighted by Crippen LogP contribution is -2.00. The Balaban J connectivity index is 2.40. The lowest BCUT2D eigenvalue weighted by molar-refractivity contribution is 0.103. The van der Waals surface area contributed by atoms with Gasteiger partial charge in [0.1, 0.15) is 5.75 Å². The van der Waals surface area contributed by atoms with Gasteiger partial charge in [0.05, 0.1) is 10.0 Å². The van der Waals surface area contributed by atoms with Gasteiger partial charge in [-0.15, -0.1) is 0 Å². The van der Waals surface area contributed by atoms with Crippen molar-refractivity contribution in [2.45, 2.75) is 0 Å². The standard InChI is InChI=1S/C13H8Cl2O2/c14-11-5-4-9(7-12(11)15)13(17)8-2-1-3-10(16)6-8/h1-7,16H. The molecule has 0 heterocycles. The normalized spacial score (nSPS) is 10.2. The number of hydrogen-bond acceptors (Lipinski definition) is 2. The summed E-state index contributed by atoms with van der Waals surface area (Å²) in [4.78, 5) is 12.0. The Morgan fingerprint density at radius 3 is 2.29 bits per heavy atom. The van der Waals surface area contributed by atoms with Crippen LogP contribution in [0, 0.1) is 0 Å². The molecule has 2 aromatic rings. The molecule has 0 saturated carbocycles. The van der Waals surface area contributed by atoms with E-state index in [0.717, 1.165) is 0 Å². The van der Waals surface area contributed by atoms with Gasteiger partial charge >= 0.3 is 0 Å². The molecule has 4 heteroatoms. The molecule has 0 unspecified atom stereocenters. The van der Waals surface area contributed by atoms with Gasteiger partial charge < -0.3 is 5.11 Å². The number of carbonyl (C=O) groups excluding carboxylic acids is 1. The molecule has 1 N–H and O–H groups in total. The SMILES string of the molecule is O=C(c1cccc(O)c1)c1ccc(Cl)c(Cl)c1. The van der Waals surface area contributed by atoms with Crippen molar-refractivity contribution in [3.63, 3.8) is 0 Å². The first-order valence-corrected chi connectivity index (χ1v) is 5.62. The molecule has 86 valence electrons. The quantitative estimate of drug-likeness (QED) is 0.837. The third-order valence-electron chi connectivity index (χ3n) is 2.29. The molecule has 0 amide bonds. The van der Waals surface area contributed by atoms with Gasteiger partial charge in [-0.2, -0.15) is 0 Å². The second-order valence-corrected chi connectivity index (χ2v) is 4.32. The Morgan fingerprint density at radius 2 is 1.65 bits per heavy atom. The van der Waals surface area contributed by atoms with Crippen LogP contribution in [0.4, 0.5) is 0 Å². The first kappa shape index (κ1) is 12.0. The maximum absolute atomic E-state index is 12.0. The van der Waals surface area contributed by atoms with Crippen LogP contribution in [0.5, 0.6) is 5.75 Å². The number of ketones is 1. The number of carbonyl (C=O) groups is 1. The summed E-state index contributed by atoms with van der Waals surface area (Å²) in [6.45, 7) is 0. The minimum Gasteiger partial charge on any atom is -0.508 e. The second kappa shape index (κ2) is 4.78. The highest BCUT2D eigenvalue weighted by atomic mass is 35.5. The van der Waals surface area contributed by atoms with Crippen LogP contribution >= 0.6 is 23.2 Å². The van der Waals surface area contributed by atoms with Crippen LogP contribution in [0.15, 0.2) is 42.5 Å². The summed E-state index contributed by atoms with van der Waals surface area (Å²) >= 11 is 11.6. The molecule has 2 rings (SSSR count). The van der Waals surface area contributed by atoms with Gasteiger partial charge in [-0.05, 0) is 30.3 Å². The van der Waals surface area contributed by atoms with Crippen molar-refractivity contribution >= 4 is 29.0 Å². The smallest absolute Gasteiger partial charge is 0.193 e. The van der Waals surface area contributed by atoms with Gasteiger partial charge in [0.15, 0.2) is 5.78 Å². The molecule has 0 fully saturated rings. The maximum atomic E-state index is 12.0. The van der Waals surface area contributed by atoms with E-state index in [2.05, 4.69) is 0 Å². The molecular formula is C13H8Cl2O2. The molecule has 0 bridgehead atoms. The summed E-state index contributed by atoms with van der Waals surface area (Å²) in [5.41, 5.74) is 0.841. The number of hydrogen-bond donors (Lipinski definition) is 1. The summed E-state index contributed by atoms with van der Waals surface area (Å²) in [7, 11) is 0. The molecule has 0 atom stereocenters. The van der Waals surface area contributed by atoms with Gasteiger partial charge in [-0.1, -0.05) is 35.3 Å². The molecule has 17 heavy (non-hydrogen) atoms. The number of benzene rings is 2. The summed E-state index contributed by atoms with van der Waals surface area (Å²) in [5, 5.41) is 10.0. The summed E-state index contributed by atoms with van der Waals surface area (Å²) < 4.78 is 0. The zero-order valence-corrected chi connectivity index (χ0v) is 10.2. The lowest BCUT2D eigenvalue weighted by Gasteiger charge is -2.03. The highest BCUT2D eigenvalue weighted by Gasteiger charge is 2.11. The second-order valence-electron chi connectivity index (χ2n) is 3.51. The van der Waals surface area contributed by atoms with Gasteiger partial charge in [-0.25, -0.2) is 0 Å². The van der Waals surface area contributed by atoms with Crippen molar-refractivity contribution in [2.24, 2.45) is 0 Å². The van der Waals surface area contributed by atoms with E-state index in [1.165, 1.54) is 18.2 Å². The molecular weight excluding hydrogens is 259 g/mol. The Labute approximate surface area is 108 Å². The average molecular weight is 267 g/mol. The van der Waals surface area contributed by atoms with E-state index in [1.807, 2.05) is 0 Å². The van der Waals surface area contributed by atoms with Gasteiger partial charge in [0.2, 0.25) is 0 Å². The van der Waals surface area contributed by atoms with Crippen molar-refractivity contribution in [1.82, 2.24) is 0 Å². The predicted octanol–water partition coefficient (Wildman–Crippen LogP) is 3.93. The molecule has 0 aromatic heterocycles. The first-order chi connectivity index (χ1) is 8.08. The van der Waals surface area contributed by atoms with Crippen LogP contribution in [0.1, 0.15) is 15.9 Å². The minimum atomic E-state index is -0.209. The number of rotatable bonds is 2. The Kier molecular flexibility index (Phi) is 3.36. The molecule has 2 nitrogen and oxygen atoms in total. The summed E-state index contributed by atoms with van der Waals surface area (Å²) in [5.74, 6) is -0.157. The van der Waals surface area contributed by atoms with Crippen molar-refractivity contribution in [1.29, 1.82) is 0 Å². The van der Waals surface area contributed by atoms with Gasteiger partial charge in [0.25, 0.3) is 0 Å². The summed E-state index contributed by atoms with van der Waals surface area (Å²) in [6.07, 6.45) is 0. The zero-order chi connectivity index (χ0) is 12.4. The topological polar surface area (TPSA) is 37.3 Å². The summed E-state index contributed by atoms with van der Waals surface area (Å²) in [6, 6.07) is 10.8. The van der Waals surface area contributed by atoms with E-state index in [-0.39, 0.29) is 11.5 Å². The fourth-order valence-electron chi connectivity index (χ4n) is 1.45. The minimum absolute atomic E-state index is 0.0518. The third kappa shape index (κ3) is 2.60. The Morgan fingerprint density at radius 1 is 0.941 bits per heavy atom. The van der Waals surface area contributed by atoms with Crippen LogP contribution in [0.3, 0.4) is 0 Å². The third-order valence-corrected chi connectivity index (χ3v) is 3.03. The highest BCUT2D eigenvalue weighted by molar-refractivity contribution is 6.42. The van der Waals surface area contributed by atoms with E-state index in [1.54, 1.807) is 24.3 Å². The molecule has 0 radical (unpaired) electrons. The average Bonchev–Trinajstić information content (AvgIpc) is 2.32. The number of phenols is 1. The van der Waals surface area contributed by atoms with Crippen molar-refractivity contribution < 1.29 is 9.90 Å². The van der Waals surface area contributed by atoms with Gasteiger partial charge in [-0.3, -0.25) is 4.79 Å². The number of halogens is 2. The van der Waals surface area contributed by atoms with Crippen LogP contribution in [-0.4, -0.2) is 10.9 Å². The predicted molar refractivity (Wildman–Crippen MR) is 68.0 cm³/mol. The molecule has 0 spiro atoms. The zero-order valence-electron chi connectivity index (χ0n) is 8.65. The molecule has 0 saturated heterocycles. The molecule has 0 aliphatic heterocycles.